The highest BCUT2D eigenvalue weighted by atomic mass is 32.2. The molecule has 0 radical (unpaired) electrons. The van der Waals surface area contributed by atoms with Gasteiger partial charge in [-0.2, -0.15) is 0 Å². The SMILES string of the molecule is CN(c1ccccc1)S(=O)(=O)CCNS(=O)(=O)Cc1ccccc1. The Morgan fingerprint density at radius 3 is 2.00 bits per heavy atom. The third-order valence-corrected chi connectivity index (χ3v) is 6.54. The standard InChI is InChI=1S/C16H20N2O4S2/c1-18(16-10-6-3-7-11-16)24(21,22)13-12-17-23(19,20)14-15-8-4-2-5-9-15/h2-11,17H,12-14H2,1H3. The lowest BCUT2D eigenvalue weighted by atomic mass is 10.2. The first-order chi connectivity index (χ1) is 11.3. The lowest BCUT2D eigenvalue weighted by Crippen LogP contribution is -2.36. The van der Waals surface area contributed by atoms with Gasteiger partial charge >= 0.3 is 0 Å². The van der Waals surface area contributed by atoms with Crippen LogP contribution in [0, 0.1) is 0 Å². The van der Waals surface area contributed by atoms with E-state index in [1.54, 1.807) is 60.7 Å². The number of sulfonamides is 2. The molecule has 0 saturated heterocycles. The first-order valence-corrected chi connectivity index (χ1v) is 10.6. The fraction of sp³-hybridized carbons (Fsp3) is 0.250. The molecule has 1 N–H and O–H groups in total. The van der Waals surface area contributed by atoms with E-state index in [1.165, 1.54) is 7.05 Å². The normalized spacial score (nSPS) is 12.0. The summed E-state index contributed by atoms with van der Waals surface area (Å²) in [6.07, 6.45) is 0. The summed E-state index contributed by atoms with van der Waals surface area (Å²) in [7, 11) is -5.74. The predicted octanol–water partition coefficient (Wildman–Crippen LogP) is 1.57. The van der Waals surface area contributed by atoms with Gasteiger partial charge in [-0.1, -0.05) is 48.5 Å². The van der Waals surface area contributed by atoms with Crippen LogP contribution in [0.2, 0.25) is 0 Å². The molecule has 0 saturated carbocycles. The van der Waals surface area contributed by atoms with Gasteiger partial charge in [0.25, 0.3) is 0 Å². The predicted molar refractivity (Wildman–Crippen MR) is 95.7 cm³/mol. The van der Waals surface area contributed by atoms with Crippen LogP contribution < -0.4 is 9.03 Å². The number of nitrogens with zero attached hydrogens (tertiary/aromatic N) is 1. The molecule has 0 amide bonds. The Hall–Kier alpha value is -1.90. The third kappa shape index (κ3) is 5.33. The maximum absolute atomic E-state index is 12.3. The minimum atomic E-state index is -3.60. The van der Waals surface area contributed by atoms with Crippen LogP contribution in [0.25, 0.3) is 0 Å². The highest BCUT2D eigenvalue weighted by Crippen LogP contribution is 2.15. The largest absolute Gasteiger partial charge is 0.273 e. The Kier molecular flexibility index (Phi) is 5.98. The molecule has 0 aromatic heterocycles. The number of rotatable bonds is 8. The molecule has 0 aliphatic heterocycles. The minimum Gasteiger partial charge on any atom is -0.273 e. The summed E-state index contributed by atoms with van der Waals surface area (Å²) in [6.45, 7) is -0.172. The number of nitrogens with one attached hydrogen (secondary N) is 1. The molecule has 0 atom stereocenters. The smallest absolute Gasteiger partial charge is 0.236 e. The highest BCUT2D eigenvalue weighted by molar-refractivity contribution is 7.92. The highest BCUT2D eigenvalue weighted by Gasteiger charge is 2.19. The van der Waals surface area contributed by atoms with E-state index < -0.39 is 20.0 Å². The molecule has 8 heteroatoms. The molecule has 24 heavy (non-hydrogen) atoms. The fourth-order valence-corrected chi connectivity index (χ4v) is 4.46. The zero-order valence-corrected chi connectivity index (χ0v) is 14.9. The molecule has 0 aliphatic rings. The van der Waals surface area contributed by atoms with Crippen LogP contribution in [0.5, 0.6) is 0 Å². The van der Waals surface area contributed by atoms with Crippen LogP contribution in [0.15, 0.2) is 60.7 Å². The minimum absolute atomic E-state index is 0.172. The Morgan fingerprint density at radius 2 is 1.42 bits per heavy atom. The van der Waals surface area contributed by atoms with Crippen molar-refractivity contribution in [3.8, 4) is 0 Å². The summed E-state index contributed by atoms with van der Waals surface area (Å²) in [5, 5.41) is 0. The molecule has 130 valence electrons. The van der Waals surface area contributed by atoms with Crippen molar-refractivity contribution in [1.82, 2.24) is 4.72 Å². The van der Waals surface area contributed by atoms with Crippen LogP contribution in [0.4, 0.5) is 5.69 Å². The molecule has 0 unspecified atom stereocenters. The Labute approximate surface area is 143 Å². The average molecular weight is 368 g/mol. The molecule has 2 rings (SSSR count). The summed E-state index contributed by atoms with van der Waals surface area (Å²) < 4.78 is 52.0. The number of hydrogen-bond acceptors (Lipinski definition) is 4. The first-order valence-electron chi connectivity index (χ1n) is 7.33. The molecule has 6 nitrogen and oxygen atoms in total. The van der Waals surface area contributed by atoms with Crippen molar-refractivity contribution in [1.29, 1.82) is 0 Å². The van der Waals surface area contributed by atoms with Gasteiger partial charge in [0.2, 0.25) is 20.0 Å². The summed E-state index contributed by atoms with van der Waals surface area (Å²) >= 11 is 0. The topological polar surface area (TPSA) is 83.6 Å². The molecule has 2 aromatic rings. The zero-order valence-electron chi connectivity index (χ0n) is 13.3. The number of anilines is 1. The first kappa shape index (κ1) is 18.4. The van der Waals surface area contributed by atoms with E-state index in [-0.39, 0.29) is 18.1 Å². The van der Waals surface area contributed by atoms with E-state index in [0.29, 0.717) is 11.3 Å². The molecule has 0 bridgehead atoms. The van der Waals surface area contributed by atoms with E-state index in [4.69, 9.17) is 0 Å². The van der Waals surface area contributed by atoms with Crippen LogP contribution in [0.3, 0.4) is 0 Å². The van der Waals surface area contributed by atoms with Crippen LogP contribution >= 0.6 is 0 Å². The molecule has 0 aliphatic carbocycles. The van der Waals surface area contributed by atoms with Crippen molar-refractivity contribution in [3.05, 3.63) is 66.2 Å². The maximum atomic E-state index is 12.3. The van der Waals surface area contributed by atoms with E-state index >= 15 is 0 Å². The number of hydrogen-bond donors (Lipinski definition) is 1. The number of benzene rings is 2. The van der Waals surface area contributed by atoms with E-state index in [2.05, 4.69) is 4.72 Å². The lowest BCUT2D eigenvalue weighted by molar-refractivity contribution is 0.580. The summed E-state index contributed by atoms with van der Waals surface area (Å²) in [4.78, 5) is 0. The summed E-state index contributed by atoms with van der Waals surface area (Å²) in [5.74, 6) is -0.491. The van der Waals surface area contributed by atoms with Crippen molar-refractivity contribution in [2.45, 2.75) is 5.75 Å². The van der Waals surface area contributed by atoms with Crippen molar-refractivity contribution in [2.24, 2.45) is 0 Å². The second kappa shape index (κ2) is 7.78. The van der Waals surface area contributed by atoms with Crippen LogP contribution in [-0.2, 0) is 25.8 Å². The van der Waals surface area contributed by atoms with E-state index in [1.807, 2.05) is 0 Å². The summed E-state index contributed by atoms with van der Waals surface area (Å²) in [5.41, 5.74) is 1.18. The van der Waals surface area contributed by atoms with E-state index in [9.17, 15) is 16.8 Å². The Morgan fingerprint density at radius 1 is 0.875 bits per heavy atom. The van der Waals surface area contributed by atoms with Gasteiger partial charge in [0.05, 0.1) is 17.2 Å². The fourth-order valence-electron chi connectivity index (χ4n) is 2.11. The van der Waals surface area contributed by atoms with Crippen LogP contribution in [0.1, 0.15) is 5.56 Å². The van der Waals surface area contributed by atoms with Gasteiger partial charge in [-0.15, -0.1) is 0 Å². The second-order valence-electron chi connectivity index (χ2n) is 5.26. The zero-order chi connectivity index (χ0) is 17.6. The molecule has 2 aromatic carbocycles. The molecular formula is C16H20N2O4S2. The van der Waals surface area contributed by atoms with Gasteiger partial charge in [-0.05, 0) is 17.7 Å². The molecule has 0 heterocycles. The van der Waals surface area contributed by atoms with Crippen molar-refractivity contribution < 1.29 is 16.8 Å². The molecule has 0 spiro atoms. The Balaban J connectivity index is 1.93. The average Bonchev–Trinajstić information content (AvgIpc) is 2.55. The Bertz CT molecular complexity index is 851. The lowest BCUT2D eigenvalue weighted by Gasteiger charge is -2.19. The summed E-state index contributed by atoms with van der Waals surface area (Å²) in [6, 6.07) is 17.4. The van der Waals surface area contributed by atoms with Gasteiger partial charge in [-0.25, -0.2) is 21.6 Å². The third-order valence-electron chi connectivity index (χ3n) is 3.42. The molecular weight excluding hydrogens is 348 g/mol. The van der Waals surface area contributed by atoms with Gasteiger partial charge < -0.3 is 0 Å². The van der Waals surface area contributed by atoms with Gasteiger partial charge in [0, 0.05) is 13.6 Å². The van der Waals surface area contributed by atoms with Gasteiger partial charge in [0.1, 0.15) is 0 Å². The van der Waals surface area contributed by atoms with Crippen molar-refractivity contribution in [2.75, 3.05) is 23.7 Å². The van der Waals surface area contributed by atoms with Crippen molar-refractivity contribution in [3.63, 3.8) is 0 Å². The second-order valence-corrected chi connectivity index (χ2v) is 9.18. The number of para-hydroxylation sites is 1. The maximum Gasteiger partial charge on any atom is 0.236 e. The van der Waals surface area contributed by atoms with E-state index in [0.717, 1.165) is 4.31 Å². The van der Waals surface area contributed by atoms with Gasteiger partial charge in [0.15, 0.2) is 0 Å². The van der Waals surface area contributed by atoms with Crippen molar-refractivity contribution >= 4 is 25.7 Å². The quantitative estimate of drug-likeness (QED) is 0.767. The van der Waals surface area contributed by atoms with Gasteiger partial charge in [-0.3, -0.25) is 4.31 Å². The molecule has 0 fully saturated rings. The monoisotopic (exact) mass is 368 g/mol. The van der Waals surface area contributed by atoms with Crippen LogP contribution in [-0.4, -0.2) is 36.2 Å².